The van der Waals surface area contributed by atoms with Crippen LogP contribution in [0.3, 0.4) is 0 Å². The standard InChI is InChI=1S/C25H19BrCl2FN3O/c26-17-6-4-16(5-7-17)22-14-23(32-31-22)25(20-11-8-18(27)13-21(20)28)30-24(33)12-3-15-1-9-19(29)10-2-15/h1-13,22-23,25H,14H2,(H,30,33). The van der Waals surface area contributed by atoms with Crippen LogP contribution in [0.5, 0.6) is 0 Å². The summed E-state index contributed by atoms with van der Waals surface area (Å²) in [5.74, 6) is -0.654. The predicted octanol–water partition coefficient (Wildman–Crippen LogP) is 7.73. The molecule has 0 fully saturated rings. The average molecular weight is 547 g/mol. The van der Waals surface area contributed by atoms with E-state index < -0.39 is 6.04 Å². The number of carbonyl (C=O) groups is 1. The summed E-state index contributed by atoms with van der Waals surface area (Å²) < 4.78 is 14.1. The number of halogens is 4. The zero-order chi connectivity index (χ0) is 23.4. The zero-order valence-corrected chi connectivity index (χ0v) is 20.4. The van der Waals surface area contributed by atoms with Gasteiger partial charge in [-0.05, 0) is 59.2 Å². The van der Waals surface area contributed by atoms with Gasteiger partial charge in [0.05, 0.1) is 18.1 Å². The SMILES string of the molecule is O=C(C=Cc1ccc(F)cc1)NC(c1ccc(Cl)cc1Cl)C1CC(c2ccc(Br)cc2)N=N1. The third kappa shape index (κ3) is 6.08. The van der Waals surface area contributed by atoms with Gasteiger partial charge in [-0.15, -0.1) is 0 Å². The van der Waals surface area contributed by atoms with Crippen molar-refractivity contribution in [1.29, 1.82) is 0 Å². The summed E-state index contributed by atoms with van der Waals surface area (Å²) in [6, 6.07) is 18.1. The molecule has 1 amide bonds. The van der Waals surface area contributed by atoms with E-state index in [4.69, 9.17) is 23.2 Å². The van der Waals surface area contributed by atoms with Gasteiger partial charge in [0.2, 0.25) is 5.91 Å². The van der Waals surface area contributed by atoms with E-state index >= 15 is 0 Å². The molecule has 0 aliphatic carbocycles. The molecule has 3 atom stereocenters. The Morgan fingerprint density at radius 1 is 1.06 bits per heavy atom. The molecule has 1 N–H and O–H groups in total. The molecule has 0 bridgehead atoms. The van der Waals surface area contributed by atoms with Crippen LogP contribution < -0.4 is 5.32 Å². The molecule has 3 unspecified atom stereocenters. The summed E-state index contributed by atoms with van der Waals surface area (Å²) in [5, 5.41) is 12.9. The number of hydrogen-bond donors (Lipinski definition) is 1. The first kappa shape index (κ1) is 23.6. The average Bonchev–Trinajstić information content (AvgIpc) is 3.28. The summed E-state index contributed by atoms with van der Waals surface area (Å²) >= 11 is 16.0. The number of benzene rings is 3. The Morgan fingerprint density at radius 2 is 1.79 bits per heavy atom. The van der Waals surface area contributed by atoms with Crippen LogP contribution in [0.2, 0.25) is 10.0 Å². The van der Waals surface area contributed by atoms with Gasteiger partial charge in [-0.3, -0.25) is 4.79 Å². The quantitative estimate of drug-likeness (QED) is 0.316. The van der Waals surface area contributed by atoms with Gasteiger partial charge in [0.25, 0.3) is 0 Å². The molecule has 8 heteroatoms. The maximum atomic E-state index is 13.1. The molecular weight excluding hydrogens is 528 g/mol. The topological polar surface area (TPSA) is 53.8 Å². The number of nitrogens with one attached hydrogen (secondary N) is 1. The third-order valence-electron chi connectivity index (χ3n) is 5.35. The highest BCUT2D eigenvalue weighted by Gasteiger charge is 2.33. The molecule has 168 valence electrons. The zero-order valence-electron chi connectivity index (χ0n) is 17.3. The smallest absolute Gasteiger partial charge is 0.244 e. The Balaban J connectivity index is 1.55. The highest BCUT2D eigenvalue weighted by atomic mass is 79.9. The van der Waals surface area contributed by atoms with Crippen molar-refractivity contribution >= 4 is 51.1 Å². The predicted molar refractivity (Wildman–Crippen MR) is 133 cm³/mol. The lowest BCUT2D eigenvalue weighted by atomic mass is 9.93. The van der Waals surface area contributed by atoms with Crippen LogP contribution >= 0.6 is 39.1 Å². The van der Waals surface area contributed by atoms with Crippen LogP contribution in [0.25, 0.3) is 6.08 Å². The van der Waals surface area contributed by atoms with Crippen molar-refractivity contribution in [3.05, 3.63) is 110 Å². The second-order valence-corrected chi connectivity index (χ2v) is 9.40. The van der Waals surface area contributed by atoms with Gasteiger partial charge in [0.1, 0.15) is 5.82 Å². The van der Waals surface area contributed by atoms with Crippen LogP contribution in [0.15, 0.2) is 87.5 Å². The summed E-state index contributed by atoms with van der Waals surface area (Å²) in [6.45, 7) is 0. The highest BCUT2D eigenvalue weighted by Crippen LogP contribution is 2.38. The van der Waals surface area contributed by atoms with E-state index in [0.717, 1.165) is 10.0 Å². The highest BCUT2D eigenvalue weighted by molar-refractivity contribution is 9.10. The Labute approximate surface area is 209 Å². The molecule has 0 saturated carbocycles. The number of amides is 1. The van der Waals surface area contributed by atoms with E-state index in [1.807, 2.05) is 24.3 Å². The summed E-state index contributed by atoms with van der Waals surface area (Å²) in [6.07, 6.45) is 3.64. The van der Waals surface area contributed by atoms with E-state index in [0.29, 0.717) is 27.6 Å². The van der Waals surface area contributed by atoms with Gasteiger partial charge in [-0.1, -0.05) is 69.5 Å². The van der Waals surface area contributed by atoms with Crippen molar-refractivity contribution < 1.29 is 9.18 Å². The van der Waals surface area contributed by atoms with Crippen LogP contribution in [-0.4, -0.2) is 11.9 Å². The van der Waals surface area contributed by atoms with E-state index in [1.165, 1.54) is 18.2 Å². The Morgan fingerprint density at radius 3 is 2.48 bits per heavy atom. The number of nitrogens with zero attached hydrogens (tertiary/aromatic N) is 2. The summed E-state index contributed by atoms with van der Waals surface area (Å²) in [7, 11) is 0. The molecule has 1 heterocycles. The Bertz CT molecular complexity index is 1200. The van der Waals surface area contributed by atoms with E-state index in [2.05, 4.69) is 31.5 Å². The van der Waals surface area contributed by atoms with Gasteiger partial charge in [-0.2, -0.15) is 10.2 Å². The lowest BCUT2D eigenvalue weighted by Gasteiger charge is -2.23. The molecule has 0 saturated heterocycles. The fourth-order valence-corrected chi connectivity index (χ4v) is 4.45. The first-order valence-corrected chi connectivity index (χ1v) is 11.8. The van der Waals surface area contributed by atoms with Crippen molar-refractivity contribution in [1.82, 2.24) is 5.32 Å². The molecule has 3 aromatic rings. The molecule has 4 nitrogen and oxygen atoms in total. The summed E-state index contributed by atoms with van der Waals surface area (Å²) in [4.78, 5) is 12.8. The Kier molecular flexibility index (Phi) is 7.58. The largest absolute Gasteiger partial charge is 0.343 e. The van der Waals surface area contributed by atoms with Crippen molar-refractivity contribution in [2.75, 3.05) is 0 Å². The lowest BCUT2D eigenvalue weighted by molar-refractivity contribution is -0.117. The third-order valence-corrected chi connectivity index (χ3v) is 6.44. The minimum Gasteiger partial charge on any atom is -0.343 e. The monoisotopic (exact) mass is 545 g/mol. The molecule has 1 aliphatic heterocycles. The normalized spacial score (nSPS) is 18.5. The molecule has 0 radical (unpaired) electrons. The van der Waals surface area contributed by atoms with Crippen molar-refractivity contribution in [2.24, 2.45) is 10.2 Å². The van der Waals surface area contributed by atoms with Gasteiger partial charge < -0.3 is 5.32 Å². The maximum Gasteiger partial charge on any atom is 0.244 e. The van der Waals surface area contributed by atoms with E-state index in [-0.39, 0.29) is 23.8 Å². The van der Waals surface area contributed by atoms with Crippen molar-refractivity contribution in [3.8, 4) is 0 Å². The second kappa shape index (κ2) is 10.6. The van der Waals surface area contributed by atoms with Crippen LogP contribution in [-0.2, 0) is 4.79 Å². The number of azo groups is 1. The molecule has 3 aromatic carbocycles. The number of rotatable bonds is 6. The molecule has 1 aliphatic rings. The first-order chi connectivity index (χ1) is 15.9. The van der Waals surface area contributed by atoms with Crippen molar-refractivity contribution in [3.63, 3.8) is 0 Å². The molecule has 0 aromatic heterocycles. The lowest BCUT2D eigenvalue weighted by Crippen LogP contribution is -2.34. The number of carbonyl (C=O) groups excluding carboxylic acids is 1. The molecule has 0 spiro atoms. The Hall–Kier alpha value is -2.54. The second-order valence-electron chi connectivity index (χ2n) is 7.64. The minimum absolute atomic E-state index is 0.108. The number of hydrogen-bond acceptors (Lipinski definition) is 3. The van der Waals surface area contributed by atoms with E-state index in [9.17, 15) is 9.18 Å². The van der Waals surface area contributed by atoms with E-state index in [1.54, 1.807) is 36.4 Å². The van der Waals surface area contributed by atoms with Crippen LogP contribution in [0, 0.1) is 5.82 Å². The first-order valence-electron chi connectivity index (χ1n) is 10.2. The maximum absolute atomic E-state index is 13.1. The van der Waals surface area contributed by atoms with Gasteiger partial charge in [0, 0.05) is 27.0 Å². The molecule has 4 rings (SSSR count). The molecular formula is C25H19BrCl2FN3O. The van der Waals surface area contributed by atoms with Crippen LogP contribution in [0.1, 0.15) is 35.2 Å². The fourth-order valence-electron chi connectivity index (χ4n) is 3.66. The van der Waals surface area contributed by atoms with Crippen molar-refractivity contribution in [2.45, 2.75) is 24.5 Å². The van der Waals surface area contributed by atoms with Gasteiger partial charge >= 0.3 is 0 Å². The van der Waals surface area contributed by atoms with Crippen LogP contribution in [0.4, 0.5) is 4.39 Å². The molecule has 33 heavy (non-hydrogen) atoms. The van der Waals surface area contributed by atoms with Gasteiger partial charge in [0.15, 0.2) is 0 Å². The van der Waals surface area contributed by atoms with Gasteiger partial charge in [-0.25, -0.2) is 4.39 Å². The fraction of sp³-hybridized carbons (Fsp3) is 0.160. The minimum atomic E-state index is -0.496. The summed E-state index contributed by atoms with van der Waals surface area (Å²) in [5.41, 5.74) is 2.47.